The fourth-order valence-corrected chi connectivity index (χ4v) is 3.24. The molecule has 1 aliphatic carbocycles. The SMILES string of the molecule is CC1(C)CC(=O)C2=C(C1)OC(=O)[C@@]2(Nc1ccccc1)C(F)(F)F. The number of Topliss-reactive ketones (excluding diaryl/α,β-unsaturated/α-hetero) is 1. The van der Waals surface area contributed by atoms with E-state index in [1.807, 2.05) is 0 Å². The van der Waals surface area contributed by atoms with Crippen LogP contribution in [0.1, 0.15) is 26.7 Å². The maximum Gasteiger partial charge on any atom is 0.427 e. The molecule has 128 valence electrons. The van der Waals surface area contributed by atoms with E-state index in [1.54, 1.807) is 19.9 Å². The Hall–Kier alpha value is -2.31. The number of carbonyl (C=O) groups excluding carboxylic acids is 2. The predicted molar refractivity (Wildman–Crippen MR) is 80.0 cm³/mol. The fourth-order valence-electron chi connectivity index (χ4n) is 3.24. The van der Waals surface area contributed by atoms with Gasteiger partial charge in [-0.15, -0.1) is 0 Å². The van der Waals surface area contributed by atoms with E-state index in [0.717, 1.165) is 0 Å². The summed E-state index contributed by atoms with van der Waals surface area (Å²) in [7, 11) is 0. The molecule has 0 radical (unpaired) electrons. The largest absolute Gasteiger partial charge is 0.428 e. The van der Waals surface area contributed by atoms with Crippen LogP contribution in [0.4, 0.5) is 18.9 Å². The summed E-state index contributed by atoms with van der Waals surface area (Å²) >= 11 is 0. The Kier molecular flexibility index (Phi) is 3.51. The molecule has 0 fully saturated rings. The molecule has 1 aliphatic heterocycles. The molecule has 1 atom stereocenters. The molecule has 1 N–H and O–H groups in total. The van der Waals surface area contributed by atoms with Gasteiger partial charge in [-0.1, -0.05) is 32.0 Å². The summed E-state index contributed by atoms with van der Waals surface area (Å²) in [5.74, 6) is -2.40. The molecule has 0 bridgehead atoms. The topological polar surface area (TPSA) is 55.4 Å². The van der Waals surface area contributed by atoms with E-state index in [-0.39, 0.29) is 24.3 Å². The third kappa shape index (κ3) is 2.39. The molecular weight excluding hydrogens is 323 g/mol. The number of ether oxygens (including phenoxy) is 1. The van der Waals surface area contributed by atoms with Gasteiger partial charge in [0.15, 0.2) is 5.78 Å². The number of rotatable bonds is 2. The first kappa shape index (κ1) is 16.5. The van der Waals surface area contributed by atoms with E-state index in [4.69, 9.17) is 4.74 Å². The van der Waals surface area contributed by atoms with Crippen molar-refractivity contribution in [2.45, 2.75) is 38.4 Å². The maximum atomic E-state index is 13.9. The number of hydrogen-bond acceptors (Lipinski definition) is 4. The van der Waals surface area contributed by atoms with Crippen molar-refractivity contribution in [2.75, 3.05) is 5.32 Å². The predicted octanol–water partition coefficient (Wildman–Crippen LogP) is 3.60. The zero-order valence-corrected chi connectivity index (χ0v) is 13.2. The molecule has 0 amide bonds. The fraction of sp³-hybridized carbons (Fsp3) is 0.412. The molecule has 0 saturated heterocycles. The molecule has 1 heterocycles. The van der Waals surface area contributed by atoms with Crippen molar-refractivity contribution in [1.82, 2.24) is 0 Å². The van der Waals surface area contributed by atoms with Crippen LogP contribution in [0.25, 0.3) is 0 Å². The van der Waals surface area contributed by atoms with Crippen LogP contribution in [0.3, 0.4) is 0 Å². The van der Waals surface area contributed by atoms with Gasteiger partial charge in [0.25, 0.3) is 5.54 Å². The lowest BCUT2D eigenvalue weighted by atomic mass is 9.72. The average molecular weight is 339 g/mol. The highest BCUT2D eigenvalue weighted by Crippen LogP contribution is 2.51. The minimum absolute atomic E-state index is 0.0726. The Morgan fingerprint density at radius 2 is 1.71 bits per heavy atom. The second-order valence-corrected chi connectivity index (χ2v) is 6.87. The van der Waals surface area contributed by atoms with Crippen LogP contribution in [-0.2, 0) is 14.3 Å². The Labute approximate surface area is 136 Å². The second-order valence-electron chi connectivity index (χ2n) is 6.87. The van der Waals surface area contributed by atoms with Gasteiger partial charge in [0.1, 0.15) is 5.76 Å². The van der Waals surface area contributed by atoms with Crippen LogP contribution in [-0.4, -0.2) is 23.5 Å². The average Bonchev–Trinajstić information content (AvgIpc) is 2.71. The van der Waals surface area contributed by atoms with E-state index >= 15 is 0 Å². The highest BCUT2D eigenvalue weighted by Gasteiger charge is 2.71. The van der Waals surface area contributed by atoms with E-state index in [9.17, 15) is 22.8 Å². The number of allylic oxidation sites excluding steroid dienone is 1. The molecule has 7 heteroatoms. The van der Waals surface area contributed by atoms with Crippen molar-refractivity contribution in [3.8, 4) is 0 Å². The van der Waals surface area contributed by atoms with E-state index in [2.05, 4.69) is 5.32 Å². The van der Waals surface area contributed by atoms with Gasteiger partial charge < -0.3 is 10.1 Å². The summed E-state index contributed by atoms with van der Waals surface area (Å²) in [6.45, 7) is 3.50. The normalized spacial score (nSPS) is 26.2. The highest BCUT2D eigenvalue weighted by atomic mass is 19.4. The number of ketones is 1. The maximum absolute atomic E-state index is 13.9. The lowest BCUT2D eigenvalue weighted by Gasteiger charge is -2.34. The summed E-state index contributed by atoms with van der Waals surface area (Å²) < 4.78 is 46.7. The van der Waals surface area contributed by atoms with Crippen LogP contribution < -0.4 is 5.32 Å². The van der Waals surface area contributed by atoms with Crippen molar-refractivity contribution in [3.05, 3.63) is 41.7 Å². The summed E-state index contributed by atoms with van der Waals surface area (Å²) in [5.41, 5.74) is -4.23. The molecule has 0 saturated carbocycles. The number of para-hydroxylation sites is 1. The quantitative estimate of drug-likeness (QED) is 0.837. The van der Waals surface area contributed by atoms with Crippen LogP contribution in [0.5, 0.6) is 0 Å². The van der Waals surface area contributed by atoms with Crippen molar-refractivity contribution >= 4 is 17.4 Å². The number of alkyl halides is 3. The third-order valence-corrected chi connectivity index (χ3v) is 4.26. The second kappa shape index (κ2) is 5.09. The van der Waals surface area contributed by atoms with Crippen LogP contribution in [0.15, 0.2) is 41.7 Å². The van der Waals surface area contributed by atoms with Crippen LogP contribution in [0, 0.1) is 5.41 Å². The summed E-state index contributed by atoms with van der Waals surface area (Å²) in [4.78, 5) is 24.7. The number of nitrogens with one attached hydrogen (secondary N) is 1. The van der Waals surface area contributed by atoms with Gasteiger partial charge in [0.05, 0.1) is 5.57 Å². The molecule has 0 unspecified atom stereocenters. The number of anilines is 1. The number of esters is 1. The Morgan fingerprint density at radius 3 is 2.29 bits per heavy atom. The van der Waals surface area contributed by atoms with Crippen molar-refractivity contribution in [2.24, 2.45) is 5.41 Å². The van der Waals surface area contributed by atoms with Gasteiger partial charge in [-0.05, 0) is 17.5 Å². The third-order valence-electron chi connectivity index (χ3n) is 4.26. The summed E-state index contributed by atoms with van der Waals surface area (Å²) in [6, 6.07) is 7.51. The van der Waals surface area contributed by atoms with Crippen molar-refractivity contribution in [1.29, 1.82) is 0 Å². The molecule has 24 heavy (non-hydrogen) atoms. The first-order chi connectivity index (χ1) is 11.1. The van der Waals surface area contributed by atoms with Crippen LogP contribution >= 0.6 is 0 Å². The van der Waals surface area contributed by atoms with Gasteiger partial charge in [-0.25, -0.2) is 4.79 Å². The molecule has 0 spiro atoms. The van der Waals surface area contributed by atoms with E-state index in [1.165, 1.54) is 24.3 Å². The van der Waals surface area contributed by atoms with E-state index < -0.39 is 34.5 Å². The first-order valence-electron chi connectivity index (χ1n) is 7.46. The zero-order chi connectivity index (χ0) is 17.8. The Bertz CT molecular complexity index is 737. The number of carbonyl (C=O) groups is 2. The van der Waals surface area contributed by atoms with Crippen LogP contribution in [0.2, 0.25) is 0 Å². The standard InChI is InChI=1S/C17H16F3NO3/c1-15(2)8-11(22)13-12(9-15)24-14(23)16(13,17(18,19)20)21-10-6-4-3-5-7-10/h3-7,21H,8-9H2,1-2H3/t16-/m1/s1. The zero-order valence-electron chi connectivity index (χ0n) is 13.2. The van der Waals surface area contributed by atoms with Gasteiger partial charge in [0, 0.05) is 18.5 Å². The molecular formula is C17H16F3NO3. The van der Waals surface area contributed by atoms with Gasteiger partial charge >= 0.3 is 12.1 Å². The van der Waals surface area contributed by atoms with E-state index in [0.29, 0.717) is 0 Å². The molecule has 3 rings (SSSR count). The molecule has 0 aromatic heterocycles. The van der Waals surface area contributed by atoms with Gasteiger partial charge in [-0.3, -0.25) is 4.79 Å². The molecule has 1 aromatic rings. The first-order valence-corrected chi connectivity index (χ1v) is 7.46. The number of benzene rings is 1. The number of hydrogen-bond donors (Lipinski definition) is 1. The summed E-state index contributed by atoms with van der Waals surface area (Å²) in [5, 5.41) is 2.22. The van der Waals surface area contributed by atoms with Gasteiger partial charge in [-0.2, -0.15) is 13.2 Å². The lowest BCUT2D eigenvalue weighted by molar-refractivity contribution is -0.185. The minimum Gasteiger partial charge on any atom is -0.428 e. The Balaban J connectivity index is 2.17. The van der Waals surface area contributed by atoms with Gasteiger partial charge in [0.2, 0.25) is 0 Å². The molecule has 2 aliphatic rings. The highest BCUT2D eigenvalue weighted by molar-refractivity contribution is 6.11. The minimum atomic E-state index is -5.02. The molecule has 4 nitrogen and oxygen atoms in total. The van der Waals surface area contributed by atoms with Crippen molar-refractivity contribution in [3.63, 3.8) is 0 Å². The number of halogens is 3. The smallest absolute Gasteiger partial charge is 0.427 e. The Morgan fingerprint density at radius 1 is 1.08 bits per heavy atom. The monoisotopic (exact) mass is 339 g/mol. The molecule has 1 aromatic carbocycles. The van der Waals surface area contributed by atoms with Crippen molar-refractivity contribution < 1.29 is 27.5 Å². The lowest BCUT2D eigenvalue weighted by Crippen LogP contribution is -2.59. The summed E-state index contributed by atoms with van der Waals surface area (Å²) in [6.07, 6.45) is -4.99.